The zero-order valence-electron chi connectivity index (χ0n) is 11.5. The fourth-order valence-corrected chi connectivity index (χ4v) is 2.74. The monoisotopic (exact) mass is 275 g/mol. The highest BCUT2D eigenvalue weighted by Crippen LogP contribution is 2.36. The summed E-state index contributed by atoms with van der Waals surface area (Å²) in [6.07, 6.45) is 0. The van der Waals surface area contributed by atoms with E-state index in [-0.39, 0.29) is 5.78 Å². The average Bonchev–Trinajstić information content (AvgIpc) is 2.83. The number of para-hydroxylation sites is 1. The molecule has 0 saturated carbocycles. The number of Topliss-reactive ketones (excluding diaryl/α,β-unsaturated/α-hetero) is 1. The van der Waals surface area contributed by atoms with Gasteiger partial charge in [0, 0.05) is 39.3 Å². The maximum atomic E-state index is 11.8. The van der Waals surface area contributed by atoms with Gasteiger partial charge in [-0.15, -0.1) is 0 Å². The number of carbonyl (C=O) groups excluding carboxylic acids is 1. The predicted octanol–water partition coefficient (Wildman–Crippen LogP) is 3.12. The molecule has 1 aromatic heterocycles. The van der Waals surface area contributed by atoms with Crippen molar-refractivity contribution >= 4 is 27.9 Å². The first-order chi connectivity index (χ1) is 9.04. The van der Waals surface area contributed by atoms with Crippen LogP contribution in [0.15, 0.2) is 24.3 Å². The first-order valence-electron chi connectivity index (χ1n) is 6.00. The molecule has 1 aromatic carbocycles. The summed E-state index contributed by atoms with van der Waals surface area (Å²) in [5, 5.41) is 3.76. The molecule has 4 nitrogen and oxygen atoms in total. The number of carbonyl (C=O) groups is 1. The van der Waals surface area contributed by atoms with Crippen LogP contribution < -0.4 is 10.2 Å². The van der Waals surface area contributed by atoms with E-state index in [9.17, 15) is 4.79 Å². The minimum atomic E-state index is 0.0440. The topological polar surface area (TPSA) is 45.2 Å². The van der Waals surface area contributed by atoms with Crippen molar-refractivity contribution in [2.24, 2.45) is 0 Å². The van der Waals surface area contributed by atoms with Gasteiger partial charge in [-0.1, -0.05) is 29.5 Å². The zero-order chi connectivity index (χ0) is 14.0. The first-order valence-corrected chi connectivity index (χ1v) is 6.82. The van der Waals surface area contributed by atoms with Crippen molar-refractivity contribution in [3.05, 3.63) is 29.1 Å². The average molecular weight is 275 g/mol. The second-order valence-corrected chi connectivity index (χ2v) is 5.41. The van der Waals surface area contributed by atoms with Gasteiger partial charge in [-0.2, -0.15) is 0 Å². The van der Waals surface area contributed by atoms with E-state index in [1.54, 1.807) is 6.92 Å². The van der Waals surface area contributed by atoms with E-state index < -0.39 is 0 Å². The van der Waals surface area contributed by atoms with Gasteiger partial charge >= 0.3 is 0 Å². The van der Waals surface area contributed by atoms with E-state index in [2.05, 4.69) is 10.3 Å². The second kappa shape index (κ2) is 5.40. The molecule has 0 saturated heterocycles. The Balaban J connectivity index is 2.64. The molecular weight excluding hydrogens is 258 g/mol. The van der Waals surface area contributed by atoms with Gasteiger partial charge in [0.1, 0.15) is 0 Å². The Labute approximate surface area is 117 Å². The highest BCUT2D eigenvalue weighted by Gasteiger charge is 2.18. The van der Waals surface area contributed by atoms with Crippen molar-refractivity contribution in [2.75, 3.05) is 31.4 Å². The SMILES string of the molecule is CNc1nc(-c2ccccc2N(C)C)c(C(C)=O)s1. The number of nitrogens with one attached hydrogen (secondary N) is 1. The van der Waals surface area contributed by atoms with Gasteiger partial charge in [0.05, 0.1) is 10.6 Å². The molecule has 0 amide bonds. The van der Waals surface area contributed by atoms with Crippen molar-refractivity contribution in [1.29, 1.82) is 0 Å². The molecule has 1 N–H and O–H groups in total. The Hall–Kier alpha value is -1.88. The predicted molar refractivity (Wildman–Crippen MR) is 81.4 cm³/mol. The molecule has 1 heterocycles. The van der Waals surface area contributed by atoms with Gasteiger partial charge in [-0.05, 0) is 6.07 Å². The Morgan fingerprint density at radius 1 is 1.32 bits per heavy atom. The summed E-state index contributed by atoms with van der Waals surface area (Å²) in [5.41, 5.74) is 2.79. The number of aromatic nitrogens is 1. The lowest BCUT2D eigenvalue weighted by atomic mass is 10.1. The number of thiazole rings is 1. The number of hydrogen-bond acceptors (Lipinski definition) is 5. The maximum absolute atomic E-state index is 11.8. The van der Waals surface area contributed by atoms with Gasteiger partial charge in [0.25, 0.3) is 0 Å². The van der Waals surface area contributed by atoms with E-state index in [0.717, 1.165) is 22.1 Å². The fraction of sp³-hybridized carbons (Fsp3) is 0.286. The molecule has 0 bridgehead atoms. The molecule has 0 aliphatic heterocycles. The lowest BCUT2D eigenvalue weighted by molar-refractivity contribution is 0.102. The third-order valence-corrected chi connectivity index (χ3v) is 3.98. The number of nitrogens with zero attached hydrogens (tertiary/aromatic N) is 2. The molecule has 0 radical (unpaired) electrons. The lowest BCUT2D eigenvalue weighted by Crippen LogP contribution is -2.10. The van der Waals surface area contributed by atoms with Crippen molar-refractivity contribution < 1.29 is 4.79 Å². The van der Waals surface area contributed by atoms with Gasteiger partial charge < -0.3 is 10.2 Å². The molecule has 0 aliphatic rings. The van der Waals surface area contributed by atoms with Crippen LogP contribution in [-0.4, -0.2) is 31.9 Å². The van der Waals surface area contributed by atoms with Crippen LogP contribution in [-0.2, 0) is 0 Å². The number of benzene rings is 1. The Morgan fingerprint density at radius 3 is 2.58 bits per heavy atom. The van der Waals surface area contributed by atoms with Crippen LogP contribution in [0, 0.1) is 0 Å². The summed E-state index contributed by atoms with van der Waals surface area (Å²) in [4.78, 5) is 19.0. The van der Waals surface area contributed by atoms with E-state index in [4.69, 9.17) is 0 Å². The summed E-state index contributed by atoms with van der Waals surface area (Å²) in [6, 6.07) is 7.97. The van der Waals surface area contributed by atoms with Crippen LogP contribution in [0.2, 0.25) is 0 Å². The Kier molecular flexibility index (Phi) is 3.85. The molecule has 0 spiro atoms. The van der Waals surface area contributed by atoms with Crippen LogP contribution >= 0.6 is 11.3 Å². The first kappa shape index (κ1) is 13.5. The number of hydrogen-bond donors (Lipinski definition) is 1. The Bertz CT molecular complexity index is 604. The molecule has 5 heteroatoms. The van der Waals surface area contributed by atoms with E-state index in [0.29, 0.717) is 4.88 Å². The Morgan fingerprint density at radius 2 is 2.00 bits per heavy atom. The number of ketones is 1. The third-order valence-electron chi connectivity index (χ3n) is 2.80. The molecule has 0 aliphatic carbocycles. The molecule has 0 fully saturated rings. The van der Waals surface area contributed by atoms with Crippen LogP contribution in [0.1, 0.15) is 16.6 Å². The number of rotatable bonds is 4. The molecular formula is C14H17N3OS. The lowest BCUT2D eigenvalue weighted by Gasteiger charge is -2.16. The molecule has 100 valence electrons. The van der Waals surface area contributed by atoms with Gasteiger partial charge in [-0.3, -0.25) is 4.79 Å². The molecule has 19 heavy (non-hydrogen) atoms. The maximum Gasteiger partial charge on any atom is 0.183 e. The molecule has 0 unspecified atom stereocenters. The van der Waals surface area contributed by atoms with Gasteiger partial charge in [0.15, 0.2) is 10.9 Å². The summed E-state index contributed by atoms with van der Waals surface area (Å²) in [7, 11) is 5.78. The minimum Gasteiger partial charge on any atom is -0.377 e. The summed E-state index contributed by atoms with van der Waals surface area (Å²) in [6.45, 7) is 1.58. The van der Waals surface area contributed by atoms with Crippen LogP contribution in [0.5, 0.6) is 0 Å². The van der Waals surface area contributed by atoms with Crippen molar-refractivity contribution in [1.82, 2.24) is 4.98 Å². The molecule has 0 atom stereocenters. The van der Waals surface area contributed by atoms with Crippen molar-refractivity contribution in [3.63, 3.8) is 0 Å². The summed E-state index contributed by atoms with van der Waals surface area (Å²) < 4.78 is 0. The highest BCUT2D eigenvalue weighted by atomic mass is 32.1. The number of anilines is 2. The highest BCUT2D eigenvalue weighted by molar-refractivity contribution is 7.18. The summed E-state index contributed by atoms with van der Waals surface area (Å²) in [5.74, 6) is 0.0440. The van der Waals surface area contributed by atoms with E-state index >= 15 is 0 Å². The fourth-order valence-electron chi connectivity index (χ4n) is 1.91. The van der Waals surface area contributed by atoms with Crippen molar-refractivity contribution in [2.45, 2.75) is 6.92 Å². The van der Waals surface area contributed by atoms with Gasteiger partial charge in [0.2, 0.25) is 0 Å². The summed E-state index contributed by atoms with van der Waals surface area (Å²) >= 11 is 1.39. The van der Waals surface area contributed by atoms with Crippen LogP contribution in [0.25, 0.3) is 11.3 Å². The van der Waals surface area contributed by atoms with Crippen LogP contribution in [0.4, 0.5) is 10.8 Å². The van der Waals surface area contributed by atoms with Gasteiger partial charge in [-0.25, -0.2) is 4.98 Å². The molecule has 2 rings (SSSR count). The normalized spacial score (nSPS) is 10.3. The zero-order valence-corrected chi connectivity index (χ0v) is 12.3. The van der Waals surface area contributed by atoms with Crippen LogP contribution in [0.3, 0.4) is 0 Å². The molecule has 2 aromatic rings. The smallest absolute Gasteiger partial charge is 0.183 e. The second-order valence-electron chi connectivity index (χ2n) is 4.41. The quantitative estimate of drug-likeness (QED) is 0.871. The minimum absolute atomic E-state index is 0.0440. The van der Waals surface area contributed by atoms with Crippen molar-refractivity contribution in [3.8, 4) is 11.3 Å². The largest absolute Gasteiger partial charge is 0.377 e. The van der Waals surface area contributed by atoms with E-state index in [1.165, 1.54) is 11.3 Å². The van der Waals surface area contributed by atoms with E-state index in [1.807, 2.05) is 50.3 Å². The third kappa shape index (κ3) is 2.61. The standard InChI is InChI=1S/C14H17N3OS/c1-9(18)13-12(16-14(15-2)19-13)10-7-5-6-8-11(10)17(3)4/h5-8H,1-4H3,(H,15,16).